The van der Waals surface area contributed by atoms with E-state index in [0.29, 0.717) is 11.3 Å². The smallest absolute Gasteiger partial charge is 0.201 e. The number of rotatable bonds is 5. The number of hydrogen-bond acceptors (Lipinski definition) is 0. The summed E-state index contributed by atoms with van der Waals surface area (Å²) in [6.07, 6.45) is 3.71. The Morgan fingerprint density at radius 3 is 2.24 bits per heavy atom. The minimum absolute atomic E-state index is 0.0961. The molecule has 1 aliphatic rings. The van der Waals surface area contributed by atoms with Crippen LogP contribution in [0.3, 0.4) is 0 Å². The Morgan fingerprint density at radius 1 is 0.947 bits per heavy atom. The van der Waals surface area contributed by atoms with Crippen molar-refractivity contribution >= 4 is 29.9 Å². The van der Waals surface area contributed by atoms with Crippen LogP contribution >= 0.6 is 0 Å². The van der Waals surface area contributed by atoms with Gasteiger partial charge in [-0.25, -0.2) is 8.96 Å². The van der Waals surface area contributed by atoms with Gasteiger partial charge < -0.3 is 0 Å². The van der Waals surface area contributed by atoms with Crippen LogP contribution < -0.4 is 9.75 Å². The minimum Gasteiger partial charge on any atom is -0.201 e. The highest BCUT2D eigenvalue weighted by molar-refractivity contribution is 6.89. The average Bonchev–Trinajstić information content (AvgIpc) is 3.35. The van der Waals surface area contributed by atoms with Gasteiger partial charge in [0.05, 0.1) is 13.6 Å². The van der Waals surface area contributed by atoms with Crippen molar-refractivity contribution in [3.63, 3.8) is 0 Å². The molecule has 3 aromatic carbocycles. The zero-order chi connectivity index (χ0) is 28.1. The molecule has 1 aromatic heterocycles. The summed E-state index contributed by atoms with van der Waals surface area (Å²) in [6, 6.07) is 19.4. The number of nitrogens with zero attached hydrogens (tertiary/aromatic N) is 1. The topological polar surface area (TPSA) is 3.88 Å². The molecule has 0 unspecified atom stereocenters. The summed E-state index contributed by atoms with van der Waals surface area (Å²) in [5, 5.41) is 2.86. The van der Waals surface area contributed by atoms with Gasteiger partial charge in [-0.05, 0) is 64.8 Å². The van der Waals surface area contributed by atoms with E-state index in [0.717, 1.165) is 58.7 Å². The fourth-order valence-electron chi connectivity index (χ4n) is 5.84. The van der Waals surface area contributed by atoms with Crippen molar-refractivity contribution in [1.82, 2.24) is 0 Å². The van der Waals surface area contributed by atoms with E-state index in [9.17, 15) is 8.78 Å². The van der Waals surface area contributed by atoms with Crippen LogP contribution in [0.1, 0.15) is 49.6 Å². The molecular weight excluding hydrogens is 495 g/mol. The fraction of sp³-hybridized carbons (Fsp3) is 0.303. The molecule has 1 saturated carbocycles. The van der Waals surface area contributed by atoms with E-state index in [4.69, 9.17) is 1.37 Å². The molecule has 0 N–H and O–H groups in total. The summed E-state index contributed by atoms with van der Waals surface area (Å²) in [5.41, 5.74) is 4.90. The lowest BCUT2D eigenvalue weighted by atomic mass is 9.90. The van der Waals surface area contributed by atoms with Gasteiger partial charge in [-0.3, -0.25) is 0 Å². The molecule has 0 atom stereocenters. The van der Waals surface area contributed by atoms with Crippen molar-refractivity contribution in [2.45, 2.75) is 58.1 Å². The Hall–Kier alpha value is -3.18. The second kappa shape index (κ2) is 10.2. The van der Waals surface area contributed by atoms with Gasteiger partial charge >= 0.3 is 6.08 Å². The summed E-state index contributed by atoms with van der Waals surface area (Å²) in [4.78, 5) is 0. The van der Waals surface area contributed by atoms with Gasteiger partial charge in [0.15, 0.2) is 12.0 Å². The second-order valence-corrected chi connectivity index (χ2v) is 16.5. The lowest BCUT2D eigenvalue weighted by Crippen LogP contribution is -2.46. The van der Waals surface area contributed by atoms with Gasteiger partial charge in [0.2, 0.25) is 5.69 Å². The first-order valence-corrected chi connectivity index (χ1v) is 16.8. The number of aromatic nitrogens is 1. The molecule has 0 radical (unpaired) electrons. The van der Waals surface area contributed by atoms with E-state index in [1.54, 1.807) is 0 Å². The zero-order valence-electron chi connectivity index (χ0n) is 23.8. The highest BCUT2D eigenvalue weighted by Gasteiger charge is 2.30. The van der Waals surface area contributed by atoms with Crippen molar-refractivity contribution in [1.29, 1.82) is 0 Å². The summed E-state index contributed by atoms with van der Waals surface area (Å²) in [6.45, 7) is 8.72. The maximum atomic E-state index is 15.1. The van der Waals surface area contributed by atoms with Crippen molar-refractivity contribution in [2.75, 3.05) is 0 Å². The molecule has 1 heterocycles. The van der Waals surface area contributed by atoms with Crippen LogP contribution in [0.5, 0.6) is 0 Å². The maximum absolute atomic E-state index is 15.1. The number of halogens is 3. The monoisotopic (exact) mass is 531 g/mol. The fourth-order valence-corrected chi connectivity index (χ4v) is 7.45. The third kappa shape index (κ3) is 4.84. The molecule has 196 valence electrons. The van der Waals surface area contributed by atoms with Crippen molar-refractivity contribution in [3.05, 3.63) is 89.6 Å². The Morgan fingerprint density at radius 2 is 1.61 bits per heavy atom. The van der Waals surface area contributed by atoms with Crippen LogP contribution in [0.4, 0.5) is 13.2 Å². The van der Waals surface area contributed by atoms with Gasteiger partial charge in [-0.1, -0.05) is 81.0 Å². The largest absolute Gasteiger partial charge is 0.306 e. The molecular formula is C33H35F3NSi+. The predicted octanol–water partition coefficient (Wildman–Crippen LogP) is 9.04. The minimum atomic E-state index is -2.32. The summed E-state index contributed by atoms with van der Waals surface area (Å²) in [7, 11) is 0.0626. The second-order valence-electron chi connectivity index (χ2n) is 11.5. The normalized spacial score (nSPS) is 15.5. The first-order valence-electron chi connectivity index (χ1n) is 13.8. The average molecular weight is 532 g/mol. The first-order chi connectivity index (χ1) is 18.4. The highest BCUT2D eigenvalue weighted by atomic mass is 28.3. The van der Waals surface area contributed by atoms with Crippen molar-refractivity contribution in [2.24, 2.45) is 7.05 Å². The molecule has 4 aromatic rings. The van der Waals surface area contributed by atoms with Crippen LogP contribution in [0.15, 0.2) is 72.9 Å². The van der Waals surface area contributed by atoms with E-state index >= 15 is 4.39 Å². The van der Waals surface area contributed by atoms with Crippen LogP contribution in [0.25, 0.3) is 39.0 Å². The number of benzene rings is 3. The van der Waals surface area contributed by atoms with E-state index in [1.807, 2.05) is 48.9 Å². The third-order valence-electron chi connectivity index (χ3n) is 7.86. The summed E-state index contributed by atoms with van der Waals surface area (Å²) in [5.74, 6) is -2.01. The molecule has 0 aliphatic heterocycles. The molecule has 0 saturated heterocycles. The van der Waals surface area contributed by atoms with E-state index in [2.05, 4.69) is 50.1 Å². The van der Waals surface area contributed by atoms with Crippen LogP contribution in [0.2, 0.25) is 19.6 Å². The van der Waals surface area contributed by atoms with Gasteiger partial charge in [-0.2, -0.15) is 8.78 Å². The Labute approximate surface area is 226 Å². The van der Waals surface area contributed by atoms with Crippen molar-refractivity contribution < 1.29 is 19.1 Å². The molecule has 38 heavy (non-hydrogen) atoms. The Balaban J connectivity index is 1.77. The number of fused-ring (bicyclic) bond motifs is 1. The van der Waals surface area contributed by atoms with E-state index < -0.39 is 25.9 Å². The molecule has 0 spiro atoms. The zero-order valence-corrected chi connectivity index (χ0v) is 23.8. The van der Waals surface area contributed by atoms with Crippen LogP contribution in [-0.2, 0) is 7.05 Å². The molecule has 1 aliphatic carbocycles. The molecule has 0 amide bonds. The van der Waals surface area contributed by atoms with Gasteiger partial charge in [0, 0.05) is 18.2 Å². The van der Waals surface area contributed by atoms with Crippen molar-refractivity contribution in [3.8, 4) is 22.4 Å². The molecule has 1 fully saturated rings. The number of hydrogen-bond donors (Lipinski definition) is 0. The van der Waals surface area contributed by atoms with Crippen LogP contribution in [0, 0.1) is 6.92 Å². The lowest BCUT2D eigenvalue weighted by molar-refractivity contribution is -0.659. The standard InChI is InChI=1S/C33H35F3NSi/c1-21-26-13-9-8-12-25(26)18-28(32(34)33(35)36)31(21)29-19-27(30(20-37(29)2)38(3,4)5)24-16-14-23(15-17-24)22-10-6-7-11-22/h8-9,12-20,22H,6-7,10-11H2,1-5H3/q+1/i22D. The third-order valence-corrected chi connectivity index (χ3v) is 9.88. The summed E-state index contributed by atoms with van der Waals surface area (Å²) >= 11 is 0. The van der Waals surface area contributed by atoms with Gasteiger partial charge in [0.1, 0.15) is 7.05 Å². The van der Waals surface area contributed by atoms with Gasteiger partial charge in [-0.15, -0.1) is 0 Å². The number of pyridine rings is 1. The lowest BCUT2D eigenvalue weighted by Gasteiger charge is -2.22. The van der Waals surface area contributed by atoms with E-state index in [-0.39, 0.29) is 5.56 Å². The molecule has 5 rings (SSSR count). The first kappa shape index (κ1) is 25.1. The Bertz CT molecular complexity index is 1590. The highest BCUT2D eigenvalue weighted by Crippen LogP contribution is 2.39. The molecule has 5 heteroatoms. The van der Waals surface area contributed by atoms with Gasteiger partial charge in [0.25, 0.3) is 0 Å². The molecule has 1 nitrogen and oxygen atoms in total. The van der Waals surface area contributed by atoms with Crippen LogP contribution in [-0.4, -0.2) is 8.07 Å². The SMILES string of the molecule is [2H]C1(c2ccc(-c3cc(-c4c(C(F)=C(F)F)cc5ccccc5c4C)[n+](C)cc3[Si](C)(C)C)cc2)CCCC1. The van der Waals surface area contributed by atoms with E-state index in [1.165, 1.54) is 11.3 Å². The quantitative estimate of drug-likeness (QED) is 0.179. The number of aryl methyl sites for hydroxylation is 2. The molecule has 0 bridgehead atoms. The Kier molecular flexibility index (Phi) is 6.73. The summed E-state index contributed by atoms with van der Waals surface area (Å²) < 4.78 is 53.3. The maximum Gasteiger partial charge on any atom is 0.306 e. The predicted molar refractivity (Wildman–Crippen MR) is 155 cm³/mol.